The van der Waals surface area contributed by atoms with Gasteiger partial charge in [-0.05, 0) is 49.4 Å². The molecule has 1 fully saturated rings. The van der Waals surface area contributed by atoms with E-state index in [1.54, 1.807) is 0 Å². The Labute approximate surface area is 122 Å². The molecule has 1 nitrogen and oxygen atoms in total. The first kappa shape index (κ1) is 16.3. The van der Waals surface area contributed by atoms with Crippen molar-refractivity contribution in [3.63, 3.8) is 0 Å². The molecule has 0 radical (unpaired) electrons. The minimum atomic E-state index is -4.63. The lowest BCUT2D eigenvalue weighted by molar-refractivity contribution is -0.140. The van der Waals surface area contributed by atoms with Crippen LogP contribution in [0.15, 0.2) is 18.2 Å². The van der Waals surface area contributed by atoms with Gasteiger partial charge in [0.25, 0.3) is 0 Å². The summed E-state index contributed by atoms with van der Waals surface area (Å²) >= 11 is 0. The van der Waals surface area contributed by atoms with E-state index >= 15 is 0 Å². The Hall–Kier alpha value is -1.10. The van der Waals surface area contributed by atoms with Gasteiger partial charge >= 0.3 is 6.18 Å². The van der Waals surface area contributed by atoms with E-state index < -0.39 is 17.6 Å². The summed E-state index contributed by atoms with van der Waals surface area (Å²) in [5.74, 6) is -1.07. The van der Waals surface area contributed by atoms with Crippen molar-refractivity contribution in [3.05, 3.63) is 35.1 Å². The molecule has 1 N–H and O–H groups in total. The molecule has 2 atom stereocenters. The van der Waals surface area contributed by atoms with Crippen molar-refractivity contribution in [1.29, 1.82) is 0 Å². The molecule has 5 heteroatoms. The molecule has 21 heavy (non-hydrogen) atoms. The Bertz CT molecular complexity index is 470. The van der Waals surface area contributed by atoms with Gasteiger partial charge in [-0.15, -0.1) is 0 Å². The molecule has 0 spiro atoms. The topological polar surface area (TPSA) is 12.0 Å². The van der Waals surface area contributed by atoms with Crippen LogP contribution in [-0.4, -0.2) is 12.6 Å². The third-order valence-corrected chi connectivity index (χ3v) is 4.15. The van der Waals surface area contributed by atoms with E-state index in [9.17, 15) is 17.6 Å². The number of alkyl halides is 3. The average molecular weight is 303 g/mol. The zero-order chi connectivity index (χ0) is 15.5. The van der Waals surface area contributed by atoms with Gasteiger partial charge in [-0.1, -0.05) is 25.8 Å². The van der Waals surface area contributed by atoms with E-state index in [0.717, 1.165) is 50.8 Å². The smallest absolute Gasteiger partial charge is 0.313 e. The fourth-order valence-electron chi connectivity index (χ4n) is 3.10. The Balaban J connectivity index is 2.21. The maximum Gasteiger partial charge on any atom is 0.419 e. The first-order valence-electron chi connectivity index (χ1n) is 7.53. The fourth-order valence-corrected chi connectivity index (χ4v) is 3.10. The van der Waals surface area contributed by atoms with Crippen molar-refractivity contribution in [2.75, 3.05) is 6.54 Å². The van der Waals surface area contributed by atoms with Crippen molar-refractivity contribution in [1.82, 2.24) is 5.32 Å². The highest BCUT2D eigenvalue weighted by molar-refractivity contribution is 5.30. The minimum Gasteiger partial charge on any atom is -0.313 e. The molecular formula is C16H21F4N. The predicted molar refractivity (Wildman–Crippen MR) is 74.7 cm³/mol. The van der Waals surface area contributed by atoms with E-state index in [-0.39, 0.29) is 12.0 Å². The number of rotatable bonds is 4. The summed E-state index contributed by atoms with van der Waals surface area (Å²) in [7, 11) is 0. The molecule has 2 unspecified atom stereocenters. The summed E-state index contributed by atoms with van der Waals surface area (Å²) in [5.41, 5.74) is -0.506. The van der Waals surface area contributed by atoms with Gasteiger partial charge in [0.05, 0.1) is 5.56 Å². The molecule has 0 aromatic heterocycles. The summed E-state index contributed by atoms with van der Waals surface area (Å²) in [5, 5.41) is 3.44. The summed E-state index contributed by atoms with van der Waals surface area (Å²) in [6, 6.07) is 3.60. The lowest BCUT2D eigenvalue weighted by Gasteiger charge is -2.33. The molecule has 0 bridgehead atoms. The predicted octanol–water partition coefficient (Wildman–Crippen LogP) is 4.87. The van der Waals surface area contributed by atoms with E-state index in [1.807, 2.05) is 0 Å². The van der Waals surface area contributed by atoms with Crippen LogP contribution < -0.4 is 5.32 Å². The van der Waals surface area contributed by atoms with Gasteiger partial charge < -0.3 is 5.32 Å². The van der Waals surface area contributed by atoms with Gasteiger partial charge in [-0.3, -0.25) is 0 Å². The molecule has 0 heterocycles. The van der Waals surface area contributed by atoms with Crippen LogP contribution in [0.2, 0.25) is 0 Å². The Morgan fingerprint density at radius 3 is 2.52 bits per heavy atom. The lowest BCUT2D eigenvalue weighted by Crippen LogP contribution is -2.37. The second kappa shape index (κ2) is 6.77. The third kappa shape index (κ3) is 3.96. The quantitative estimate of drug-likeness (QED) is 0.782. The number of nitrogens with one attached hydrogen (secondary N) is 1. The first-order chi connectivity index (χ1) is 9.93. The molecule has 2 rings (SSSR count). The molecule has 1 aromatic rings. The van der Waals surface area contributed by atoms with E-state index in [1.165, 1.54) is 6.07 Å². The molecular weight excluding hydrogens is 282 g/mol. The number of hydrogen-bond donors (Lipinski definition) is 1. The second-order valence-electron chi connectivity index (χ2n) is 5.69. The van der Waals surface area contributed by atoms with Crippen LogP contribution in [0.4, 0.5) is 17.6 Å². The van der Waals surface area contributed by atoms with Gasteiger partial charge in [0.1, 0.15) is 5.82 Å². The molecule has 1 aliphatic carbocycles. The largest absolute Gasteiger partial charge is 0.419 e. The highest BCUT2D eigenvalue weighted by Crippen LogP contribution is 2.36. The van der Waals surface area contributed by atoms with Gasteiger partial charge in [0.2, 0.25) is 0 Å². The Morgan fingerprint density at radius 2 is 1.90 bits per heavy atom. The first-order valence-corrected chi connectivity index (χ1v) is 7.53. The Morgan fingerprint density at radius 1 is 1.19 bits per heavy atom. The number of halogens is 4. The molecule has 0 amide bonds. The zero-order valence-corrected chi connectivity index (χ0v) is 12.1. The second-order valence-corrected chi connectivity index (χ2v) is 5.69. The van der Waals surface area contributed by atoms with Gasteiger partial charge in [-0.2, -0.15) is 13.2 Å². The SMILES string of the molecule is CCCNC1CCCCC1c1ccc(C(F)(F)F)c(F)c1. The van der Waals surface area contributed by atoms with Crippen LogP contribution in [0, 0.1) is 5.82 Å². The monoisotopic (exact) mass is 303 g/mol. The van der Waals surface area contributed by atoms with Crippen molar-refractivity contribution < 1.29 is 17.6 Å². The average Bonchev–Trinajstić information content (AvgIpc) is 2.44. The molecule has 0 saturated heterocycles. The summed E-state index contributed by atoms with van der Waals surface area (Å²) in [6.07, 6.45) is 0.414. The summed E-state index contributed by atoms with van der Waals surface area (Å²) in [4.78, 5) is 0. The van der Waals surface area contributed by atoms with Crippen LogP contribution in [0.1, 0.15) is 56.1 Å². The summed E-state index contributed by atoms with van der Waals surface area (Å²) < 4.78 is 51.6. The van der Waals surface area contributed by atoms with E-state index in [4.69, 9.17) is 0 Å². The van der Waals surface area contributed by atoms with E-state index in [0.29, 0.717) is 5.56 Å². The minimum absolute atomic E-state index is 0.0992. The standard InChI is InChI=1S/C16H21F4N/c1-2-9-21-15-6-4-3-5-12(15)11-7-8-13(14(17)10-11)16(18,19)20/h7-8,10,12,15,21H,2-6,9H2,1H3. The van der Waals surface area contributed by atoms with E-state index in [2.05, 4.69) is 12.2 Å². The molecule has 0 aliphatic heterocycles. The highest BCUT2D eigenvalue weighted by Gasteiger charge is 2.35. The van der Waals surface area contributed by atoms with Crippen molar-refractivity contribution >= 4 is 0 Å². The lowest BCUT2D eigenvalue weighted by atomic mass is 9.79. The van der Waals surface area contributed by atoms with Crippen molar-refractivity contribution in [2.24, 2.45) is 0 Å². The number of benzene rings is 1. The normalized spacial score (nSPS) is 23.3. The van der Waals surface area contributed by atoms with Gasteiger partial charge in [0.15, 0.2) is 0 Å². The fraction of sp³-hybridized carbons (Fsp3) is 0.625. The van der Waals surface area contributed by atoms with Crippen LogP contribution in [0.25, 0.3) is 0 Å². The van der Waals surface area contributed by atoms with Gasteiger partial charge in [-0.25, -0.2) is 4.39 Å². The van der Waals surface area contributed by atoms with Crippen LogP contribution in [0.3, 0.4) is 0 Å². The molecule has 118 valence electrons. The Kier molecular flexibility index (Phi) is 5.25. The maximum atomic E-state index is 13.7. The molecule has 1 aromatic carbocycles. The highest BCUT2D eigenvalue weighted by atomic mass is 19.4. The maximum absolute atomic E-state index is 13.7. The zero-order valence-electron chi connectivity index (χ0n) is 12.1. The van der Waals surface area contributed by atoms with Crippen LogP contribution in [0.5, 0.6) is 0 Å². The summed E-state index contributed by atoms with van der Waals surface area (Å²) in [6.45, 7) is 2.95. The number of hydrogen-bond acceptors (Lipinski definition) is 1. The van der Waals surface area contributed by atoms with Crippen molar-refractivity contribution in [2.45, 2.75) is 57.2 Å². The van der Waals surface area contributed by atoms with Gasteiger partial charge in [0, 0.05) is 6.04 Å². The van der Waals surface area contributed by atoms with Crippen LogP contribution in [-0.2, 0) is 6.18 Å². The van der Waals surface area contributed by atoms with Crippen molar-refractivity contribution in [3.8, 4) is 0 Å². The third-order valence-electron chi connectivity index (χ3n) is 4.15. The van der Waals surface area contributed by atoms with Crippen LogP contribution >= 0.6 is 0 Å². The molecule has 1 saturated carbocycles. The molecule has 1 aliphatic rings.